The van der Waals surface area contributed by atoms with Crippen molar-refractivity contribution in [2.24, 2.45) is 11.8 Å². The van der Waals surface area contributed by atoms with Crippen LogP contribution in [0.1, 0.15) is 50.2 Å². The lowest BCUT2D eigenvalue weighted by Crippen LogP contribution is -2.40. The summed E-state index contributed by atoms with van der Waals surface area (Å²) in [7, 11) is 0. The molecule has 2 aromatic carbocycles. The first-order valence-corrected chi connectivity index (χ1v) is 12.0. The molecule has 1 saturated carbocycles. The van der Waals surface area contributed by atoms with E-state index in [2.05, 4.69) is 29.6 Å². The van der Waals surface area contributed by atoms with Gasteiger partial charge in [0.25, 0.3) is 0 Å². The third-order valence-corrected chi connectivity index (χ3v) is 7.06. The van der Waals surface area contributed by atoms with Gasteiger partial charge in [-0.25, -0.2) is 4.79 Å². The average Bonchev–Trinajstić information content (AvgIpc) is 3.43. The van der Waals surface area contributed by atoms with E-state index in [1.54, 1.807) is 11.8 Å². The molecule has 7 heteroatoms. The number of aliphatic carboxylic acids is 1. The number of hydrogen-bond donors (Lipinski definition) is 2. The van der Waals surface area contributed by atoms with Crippen LogP contribution in [0.15, 0.2) is 48.5 Å². The molecule has 0 bridgehead atoms. The third kappa shape index (κ3) is 4.93. The summed E-state index contributed by atoms with van der Waals surface area (Å²) >= 11 is 0. The minimum absolute atomic E-state index is 0.00499. The van der Waals surface area contributed by atoms with E-state index < -0.39 is 18.0 Å². The summed E-state index contributed by atoms with van der Waals surface area (Å²) < 4.78 is 5.63. The largest absolute Gasteiger partial charge is 0.481 e. The van der Waals surface area contributed by atoms with Crippen molar-refractivity contribution in [3.05, 3.63) is 59.7 Å². The van der Waals surface area contributed by atoms with Crippen LogP contribution in [0.5, 0.6) is 0 Å². The van der Waals surface area contributed by atoms with Gasteiger partial charge < -0.3 is 20.1 Å². The molecule has 1 fully saturated rings. The first kappa shape index (κ1) is 23.8. The fourth-order valence-corrected chi connectivity index (χ4v) is 5.19. The highest BCUT2D eigenvalue weighted by molar-refractivity contribution is 5.81. The molecule has 0 spiro atoms. The zero-order valence-electron chi connectivity index (χ0n) is 19.7. The lowest BCUT2D eigenvalue weighted by Gasteiger charge is -2.26. The molecule has 34 heavy (non-hydrogen) atoms. The number of carboxylic acids is 1. The molecule has 0 radical (unpaired) electrons. The summed E-state index contributed by atoms with van der Waals surface area (Å²) in [5.41, 5.74) is 4.69. The Kier molecular flexibility index (Phi) is 7.20. The van der Waals surface area contributed by atoms with E-state index in [0.29, 0.717) is 25.8 Å². The predicted octanol–water partition coefficient (Wildman–Crippen LogP) is 4.26. The highest BCUT2D eigenvalue weighted by atomic mass is 16.5. The van der Waals surface area contributed by atoms with Gasteiger partial charge in [-0.2, -0.15) is 0 Å². The van der Waals surface area contributed by atoms with Crippen LogP contribution in [0.2, 0.25) is 0 Å². The third-order valence-electron chi connectivity index (χ3n) is 7.06. The molecule has 0 heterocycles. The van der Waals surface area contributed by atoms with Crippen LogP contribution < -0.4 is 5.32 Å². The van der Waals surface area contributed by atoms with Crippen molar-refractivity contribution in [2.45, 2.75) is 45.1 Å². The monoisotopic (exact) mass is 464 g/mol. The zero-order chi connectivity index (χ0) is 24.2. The SMILES string of the molecule is CCN(CC(C)C(=O)O)C(=O)[C@H]1CC[C@@H](NC(=O)OCC2c3ccccc3-c3ccccc32)C1. The molecule has 4 rings (SSSR count). The second-order valence-electron chi connectivity index (χ2n) is 9.29. The Hall–Kier alpha value is -3.35. The van der Waals surface area contributed by atoms with E-state index in [1.807, 2.05) is 31.2 Å². The van der Waals surface area contributed by atoms with Gasteiger partial charge in [0, 0.05) is 31.0 Å². The van der Waals surface area contributed by atoms with Gasteiger partial charge in [0.05, 0.1) is 5.92 Å². The van der Waals surface area contributed by atoms with E-state index >= 15 is 0 Å². The molecule has 2 amide bonds. The minimum Gasteiger partial charge on any atom is -0.481 e. The number of benzene rings is 2. The number of rotatable bonds is 8. The van der Waals surface area contributed by atoms with Gasteiger partial charge in [0.2, 0.25) is 5.91 Å². The summed E-state index contributed by atoms with van der Waals surface area (Å²) in [6.45, 7) is 4.39. The quantitative estimate of drug-likeness (QED) is 0.609. The maximum absolute atomic E-state index is 12.9. The molecule has 0 aliphatic heterocycles. The number of carboxylic acid groups (broad SMARTS) is 1. The predicted molar refractivity (Wildman–Crippen MR) is 128 cm³/mol. The number of alkyl carbamates (subject to hydrolysis) is 1. The molecule has 2 aromatic rings. The van der Waals surface area contributed by atoms with Crippen molar-refractivity contribution in [1.29, 1.82) is 0 Å². The van der Waals surface area contributed by atoms with Crippen LogP contribution in [-0.4, -0.2) is 53.7 Å². The average molecular weight is 465 g/mol. The standard InChI is InChI=1S/C27H32N2O5/c1-3-29(15-17(2)26(31)32)25(30)18-12-13-19(14-18)28-27(33)34-16-24-22-10-6-4-8-20(22)21-9-5-7-11-23(21)24/h4-11,17-19,24H,3,12-16H2,1-2H3,(H,28,33)(H,31,32)/t17?,18-,19+/m0/s1. The van der Waals surface area contributed by atoms with Crippen molar-refractivity contribution in [3.8, 4) is 11.1 Å². The smallest absolute Gasteiger partial charge is 0.407 e. The molecule has 7 nitrogen and oxygen atoms in total. The molecule has 0 saturated heterocycles. The van der Waals surface area contributed by atoms with Gasteiger partial charge in [-0.15, -0.1) is 0 Å². The second-order valence-corrected chi connectivity index (χ2v) is 9.29. The minimum atomic E-state index is -0.910. The molecular weight excluding hydrogens is 432 g/mol. The fourth-order valence-electron chi connectivity index (χ4n) is 5.19. The Morgan fingerprint density at radius 2 is 1.68 bits per heavy atom. The van der Waals surface area contributed by atoms with Gasteiger partial charge in [-0.05, 0) is 48.4 Å². The topological polar surface area (TPSA) is 95.9 Å². The van der Waals surface area contributed by atoms with E-state index in [9.17, 15) is 14.4 Å². The summed E-state index contributed by atoms with van der Waals surface area (Å²) in [5.74, 6) is -1.76. The Balaban J connectivity index is 1.30. The van der Waals surface area contributed by atoms with Crippen LogP contribution in [0.4, 0.5) is 4.79 Å². The summed E-state index contributed by atoms with van der Waals surface area (Å²) in [4.78, 5) is 38.2. The van der Waals surface area contributed by atoms with Crippen molar-refractivity contribution in [2.75, 3.05) is 19.7 Å². The summed E-state index contributed by atoms with van der Waals surface area (Å²) in [6.07, 6.45) is 1.45. The highest BCUT2D eigenvalue weighted by Crippen LogP contribution is 2.44. The van der Waals surface area contributed by atoms with Crippen LogP contribution in [0.25, 0.3) is 11.1 Å². The number of fused-ring (bicyclic) bond motifs is 3. The Morgan fingerprint density at radius 3 is 2.26 bits per heavy atom. The molecule has 1 unspecified atom stereocenters. The molecule has 180 valence electrons. The molecule has 0 aromatic heterocycles. The number of carbonyl (C=O) groups excluding carboxylic acids is 2. The molecule has 2 aliphatic carbocycles. The number of carbonyl (C=O) groups is 3. The lowest BCUT2D eigenvalue weighted by molar-refractivity contribution is -0.143. The van der Waals surface area contributed by atoms with Crippen LogP contribution in [0.3, 0.4) is 0 Å². The Labute approximate surface area is 200 Å². The molecule has 2 N–H and O–H groups in total. The van der Waals surface area contributed by atoms with Gasteiger partial charge in [0.1, 0.15) is 6.61 Å². The lowest BCUT2D eigenvalue weighted by atomic mass is 9.98. The zero-order valence-corrected chi connectivity index (χ0v) is 19.7. The van der Waals surface area contributed by atoms with Gasteiger partial charge in [0.15, 0.2) is 0 Å². The number of amides is 2. The fraction of sp³-hybridized carbons (Fsp3) is 0.444. The van der Waals surface area contributed by atoms with Gasteiger partial charge >= 0.3 is 12.1 Å². The maximum Gasteiger partial charge on any atom is 0.407 e. The van der Waals surface area contributed by atoms with Crippen molar-refractivity contribution in [1.82, 2.24) is 10.2 Å². The van der Waals surface area contributed by atoms with Crippen LogP contribution in [-0.2, 0) is 14.3 Å². The number of ether oxygens (including phenoxy) is 1. The van der Waals surface area contributed by atoms with Gasteiger partial charge in [-0.3, -0.25) is 9.59 Å². The normalized spacial score (nSPS) is 19.7. The maximum atomic E-state index is 12.9. The number of nitrogens with one attached hydrogen (secondary N) is 1. The van der Waals surface area contributed by atoms with Crippen molar-refractivity contribution < 1.29 is 24.2 Å². The van der Waals surface area contributed by atoms with E-state index in [1.165, 1.54) is 22.3 Å². The highest BCUT2D eigenvalue weighted by Gasteiger charge is 2.35. The second kappa shape index (κ2) is 10.3. The number of hydrogen-bond acceptors (Lipinski definition) is 4. The molecular formula is C27H32N2O5. The van der Waals surface area contributed by atoms with E-state index in [0.717, 1.165) is 0 Å². The van der Waals surface area contributed by atoms with Gasteiger partial charge in [-0.1, -0.05) is 55.5 Å². The Morgan fingerprint density at radius 1 is 1.06 bits per heavy atom. The first-order chi connectivity index (χ1) is 16.4. The summed E-state index contributed by atoms with van der Waals surface area (Å²) in [6, 6.07) is 16.3. The molecule has 2 aliphatic rings. The Bertz CT molecular complexity index is 1020. The summed E-state index contributed by atoms with van der Waals surface area (Å²) in [5, 5.41) is 12.1. The van der Waals surface area contributed by atoms with E-state index in [4.69, 9.17) is 9.84 Å². The van der Waals surface area contributed by atoms with E-state index in [-0.39, 0.29) is 36.9 Å². The van der Waals surface area contributed by atoms with Crippen molar-refractivity contribution in [3.63, 3.8) is 0 Å². The first-order valence-electron chi connectivity index (χ1n) is 12.0. The van der Waals surface area contributed by atoms with Crippen molar-refractivity contribution >= 4 is 18.0 Å². The van der Waals surface area contributed by atoms with Crippen LogP contribution in [0, 0.1) is 11.8 Å². The number of nitrogens with zero attached hydrogens (tertiary/aromatic N) is 1. The molecule has 3 atom stereocenters. The van der Waals surface area contributed by atoms with Crippen LogP contribution >= 0.6 is 0 Å².